The SMILES string of the molecule is CCNC(=O)c1cnc2[nH]ccc2c1Cl. The Kier molecular flexibility index (Phi) is 2.60. The van der Waals surface area contributed by atoms with Crippen molar-refractivity contribution in [1.82, 2.24) is 15.3 Å². The summed E-state index contributed by atoms with van der Waals surface area (Å²) < 4.78 is 0. The largest absolute Gasteiger partial charge is 0.352 e. The van der Waals surface area contributed by atoms with Gasteiger partial charge in [-0.15, -0.1) is 0 Å². The second-order valence-corrected chi connectivity index (χ2v) is 3.46. The number of pyridine rings is 1. The molecule has 0 aliphatic rings. The fraction of sp³-hybridized carbons (Fsp3) is 0.200. The summed E-state index contributed by atoms with van der Waals surface area (Å²) in [5.74, 6) is -0.196. The maximum absolute atomic E-state index is 11.6. The van der Waals surface area contributed by atoms with Crippen LogP contribution in [0.25, 0.3) is 11.0 Å². The fourth-order valence-corrected chi connectivity index (χ4v) is 1.68. The van der Waals surface area contributed by atoms with Crippen LogP contribution in [0.4, 0.5) is 0 Å². The predicted octanol–water partition coefficient (Wildman–Crippen LogP) is 1.97. The van der Waals surface area contributed by atoms with Crippen molar-refractivity contribution >= 4 is 28.5 Å². The van der Waals surface area contributed by atoms with Gasteiger partial charge < -0.3 is 10.3 Å². The summed E-state index contributed by atoms with van der Waals surface area (Å²) >= 11 is 6.09. The summed E-state index contributed by atoms with van der Waals surface area (Å²) in [4.78, 5) is 18.6. The average molecular weight is 224 g/mol. The molecule has 0 atom stereocenters. The third kappa shape index (κ3) is 1.68. The minimum Gasteiger partial charge on any atom is -0.352 e. The Labute approximate surface area is 91.7 Å². The van der Waals surface area contributed by atoms with E-state index < -0.39 is 0 Å². The number of hydrogen-bond donors (Lipinski definition) is 2. The number of carbonyl (C=O) groups is 1. The molecule has 2 rings (SSSR count). The fourth-order valence-electron chi connectivity index (χ4n) is 1.39. The zero-order chi connectivity index (χ0) is 10.8. The lowest BCUT2D eigenvalue weighted by atomic mass is 10.2. The molecule has 0 unspecified atom stereocenters. The number of carbonyl (C=O) groups excluding carboxylic acids is 1. The number of halogens is 1. The van der Waals surface area contributed by atoms with E-state index in [0.29, 0.717) is 22.8 Å². The van der Waals surface area contributed by atoms with E-state index >= 15 is 0 Å². The van der Waals surface area contributed by atoms with Gasteiger partial charge >= 0.3 is 0 Å². The van der Waals surface area contributed by atoms with Crippen molar-refractivity contribution in [1.29, 1.82) is 0 Å². The van der Waals surface area contributed by atoms with Gasteiger partial charge in [-0.05, 0) is 13.0 Å². The first kappa shape index (κ1) is 9.98. The number of nitrogens with one attached hydrogen (secondary N) is 2. The molecule has 0 spiro atoms. The lowest BCUT2D eigenvalue weighted by molar-refractivity contribution is 0.0956. The number of fused-ring (bicyclic) bond motifs is 1. The van der Waals surface area contributed by atoms with Crippen molar-refractivity contribution in [2.45, 2.75) is 6.92 Å². The van der Waals surface area contributed by atoms with E-state index in [-0.39, 0.29) is 5.91 Å². The monoisotopic (exact) mass is 223 g/mol. The smallest absolute Gasteiger partial charge is 0.254 e. The van der Waals surface area contributed by atoms with E-state index in [0.717, 1.165) is 5.39 Å². The van der Waals surface area contributed by atoms with Crippen LogP contribution in [0, 0.1) is 0 Å². The third-order valence-electron chi connectivity index (χ3n) is 2.10. The summed E-state index contributed by atoms with van der Waals surface area (Å²) in [5.41, 5.74) is 1.10. The molecule has 15 heavy (non-hydrogen) atoms. The van der Waals surface area contributed by atoms with Crippen LogP contribution in [0.15, 0.2) is 18.5 Å². The summed E-state index contributed by atoms with van der Waals surface area (Å²) in [5, 5.41) is 3.89. The molecule has 1 amide bonds. The molecule has 2 N–H and O–H groups in total. The Morgan fingerprint density at radius 2 is 2.47 bits per heavy atom. The summed E-state index contributed by atoms with van der Waals surface area (Å²) in [7, 11) is 0. The molecule has 5 heteroatoms. The van der Waals surface area contributed by atoms with Gasteiger partial charge in [-0.25, -0.2) is 4.98 Å². The van der Waals surface area contributed by atoms with Gasteiger partial charge in [0.25, 0.3) is 5.91 Å². The molecule has 0 radical (unpaired) electrons. The van der Waals surface area contributed by atoms with Gasteiger partial charge in [-0.3, -0.25) is 4.79 Å². The van der Waals surface area contributed by atoms with Crippen molar-refractivity contribution in [3.63, 3.8) is 0 Å². The highest BCUT2D eigenvalue weighted by Gasteiger charge is 2.13. The van der Waals surface area contributed by atoms with Gasteiger partial charge in [0.15, 0.2) is 0 Å². The Hall–Kier alpha value is -1.55. The number of nitrogens with zero attached hydrogens (tertiary/aromatic N) is 1. The third-order valence-corrected chi connectivity index (χ3v) is 2.51. The van der Waals surface area contributed by atoms with E-state index in [1.54, 1.807) is 12.3 Å². The van der Waals surface area contributed by atoms with Crippen molar-refractivity contribution in [2.24, 2.45) is 0 Å². The zero-order valence-corrected chi connectivity index (χ0v) is 8.93. The molecule has 78 valence electrons. The number of rotatable bonds is 2. The van der Waals surface area contributed by atoms with Gasteiger partial charge in [-0.1, -0.05) is 11.6 Å². The Bertz CT molecular complexity index is 506. The van der Waals surface area contributed by atoms with E-state index in [1.807, 2.05) is 6.92 Å². The molecular weight excluding hydrogens is 214 g/mol. The number of aromatic amines is 1. The van der Waals surface area contributed by atoms with Gasteiger partial charge in [0.2, 0.25) is 0 Å². The van der Waals surface area contributed by atoms with E-state index in [1.165, 1.54) is 6.20 Å². The molecule has 0 aliphatic heterocycles. The first-order valence-corrected chi connectivity index (χ1v) is 5.01. The highest BCUT2D eigenvalue weighted by atomic mass is 35.5. The quantitative estimate of drug-likeness (QED) is 0.818. The summed E-state index contributed by atoms with van der Waals surface area (Å²) in [6.07, 6.45) is 3.22. The maximum atomic E-state index is 11.6. The van der Waals surface area contributed by atoms with Gasteiger partial charge in [-0.2, -0.15) is 0 Å². The molecule has 2 aromatic rings. The number of aromatic nitrogens is 2. The number of H-pyrrole nitrogens is 1. The van der Waals surface area contributed by atoms with Crippen LogP contribution in [0.1, 0.15) is 17.3 Å². The second kappa shape index (κ2) is 3.90. The Morgan fingerprint density at radius 3 is 3.20 bits per heavy atom. The lowest BCUT2D eigenvalue weighted by Gasteiger charge is -2.04. The molecule has 4 nitrogen and oxygen atoms in total. The minimum absolute atomic E-state index is 0.196. The van der Waals surface area contributed by atoms with Crippen LogP contribution >= 0.6 is 11.6 Å². The van der Waals surface area contributed by atoms with E-state index in [2.05, 4.69) is 15.3 Å². The van der Waals surface area contributed by atoms with Gasteiger partial charge in [0, 0.05) is 24.3 Å². The highest BCUT2D eigenvalue weighted by molar-refractivity contribution is 6.38. The number of amides is 1. The molecule has 0 fully saturated rings. The molecular formula is C10H10ClN3O. The molecule has 0 bridgehead atoms. The first-order valence-electron chi connectivity index (χ1n) is 4.63. The molecule has 0 aliphatic carbocycles. The van der Waals surface area contributed by atoms with E-state index in [9.17, 15) is 4.79 Å². The minimum atomic E-state index is -0.196. The van der Waals surface area contributed by atoms with Crippen molar-refractivity contribution in [3.05, 3.63) is 29.0 Å². The van der Waals surface area contributed by atoms with Crippen LogP contribution in [0.3, 0.4) is 0 Å². The topological polar surface area (TPSA) is 57.8 Å². The normalized spacial score (nSPS) is 10.5. The number of hydrogen-bond acceptors (Lipinski definition) is 2. The summed E-state index contributed by atoms with van der Waals surface area (Å²) in [6.45, 7) is 2.42. The van der Waals surface area contributed by atoms with Gasteiger partial charge in [0.05, 0.1) is 10.6 Å². The Morgan fingerprint density at radius 1 is 1.67 bits per heavy atom. The Balaban J connectivity index is 2.52. The lowest BCUT2D eigenvalue weighted by Crippen LogP contribution is -2.23. The van der Waals surface area contributed by atoms with Crippen LogP contribution in [0.2, 0.25) is 5.02 Å². The van der Waals surface area contributed by atoms with E-state index in [4.69, 9.17) is 11.6 Å². The van der Waals surface area contributed by atoms with Crippen LogP contribution in [-0.2, 0) is 0 Å². The average Bonchev–Trinajstić information content (AvgIpc) is 2.67. The molecule has 0 saturated carbocycles. The second-order valence-electron chi connectivity index (χ2n) is 3.09. The van der Waals surface area contributed by atoms with Crippen LogP contribution in [-0.4, -0.2) is 22.4 Å². The zero-order valence-electron chi connectivity index (χ0n) is 8.17. The summed E-state index contributed by atoms with van der Waals surface area (Å²) in [6, 6.07) is 1.80. The standard InChI is InChI=1S/C10H10ClN3O/c1-2-12-10(15)7-5-14-9-6(8(7)11)3-4-13-9/h3-5H,2H2,1H3,(H,12,15)(H,13,14). The first-order chi connectivity index (χ1) is 7.24. The van der Waals surface area contributed by atoms with Crippen molar-refractivity contribution < 1.29 is 4.79 Å². The highest BCUT2D eigenvalue weighted by Crippen LogP contribution is 2.24. The van der Waals surface area contributed by atoms with Crippen molar-refractivity contribution in [2.75, 3.05) is 6.54 Å². The van der Waals surface area contributed by atoms with Crippen LogP contribution < -0.4 is 5.32 Å². The molecule has 0 aromatic carbocycles. The van der Waals surface area contributed by atoms with Crippen molar-refractivity contribution in [3.8, 4) is 0 Å². The van der Waals surface area contributed by atoms with Crippen LogP contribution in [0.5, 0.6) is 0 Å². The molecule has 2 aromatic heterocycles. The molecule has 0 saturated heterocycles. The molecule has 2 heterocycles. The van der Waals surface area contributed by atoms with Gasteiger partial charge in [0.1, 0.15) is 5.65 Å². The maximum Gasteiger partial charge on any atom is 0.254 e. The predicted molar refractivity (Wildman–Crippen MR) is 59.1 cm³/mol.